The van der Waals surface area contributed by atoms with Gasteiger partial charge in [-0.15, -0.1) is 0 Å². The Hall–Kier alpha value is -0.870. The summed E-state index contributed by atoms with van der Waals surface area (Å²) in [4.78, 5) is 0. The Labute approximate surface area is 98.2 Å². The number of hydrogen-bond acceptors (Lipinski definition) is 3. The van der Waals surface area contributed by atoms with Gasteiger partial charge < -0.3 is 11.1 Å². The fourth-order valence-corrected chi connectivity index (χ4v) is 1.91. The summed E-state index contributed by atoms with van der Waals surface area (Å²) < 4.78 is 1.87. The van der Waals surface area contributed by atoms with Gasteiger partial charge in [0.15, 0.2) is 0 Å². The number of aryl methyl sites for hydroxylation is 1. The lowest BCUT2D eigenvalue weighted by Crippen LogP contribution is -2.30. The van der Waals surface area contributed by atoms with Crippen LogP contribution >= 0.6 is 0 Å². The summed E-state index contributed by atoms with van der Waals surface area (Å²) in [6.45, 7) is 10.1. The first kappa shape index (κ1) is 13.2. The summed E-state index contributed by atoms with van der Waals surface area (Å²) in [6.07, 6.45) is 2.07. The van der Waals surface area contributed by atoms with E-state index >= 15 is 0 Å². The maximum atomic E-state index is 5.81. The number of likely N-dealkylation sites (N-methyl/N-ethyl adjacent to an activating group) is 1. The van der Waals surface area contributed by atoms with E-state index in [1.807, 2.05) is 11.7 Å². The average Bonchev–Trinajstić information content (AvgIpc) is 2.56. The maximum Gasteiger partial charge on any atom is 0.0726 e. The van der Waals surface area contributed by atoms with Gasteiger partial charge in [-0.3, -0.25) is 4.68 Å². The minimum atomic E-state index is 0.0550. The molecule has 1 atom stereocenters. The molecule has 16 heavy (non-hydrogen) atoms. The zero-order valence-corrected chi connectivity index (χ0v) is 11.0. The third-order valence-electron chi connectivity index (χ3n) is 2.63. The van der Waals surface area contributed by atoms with Crippen LogP contribution in [0.1, 0.15) is 45.0 Å². The third kappa shape index (κ3) is 2.83. The molecule has 0 amide bonds. The van der Waals surface area contributed by atoms with E-state index in [9.17, 15) is 0 Å². The number of aromatic nitrogens is 2. The minimum Gasteiger partial charge on any atom is -0.329 e. The third-order valence-corrected chi connectivity index (χ3v) is 2.63. The van der Waals surface area contributed by atoms with Crippen molar-refractivity contribution in [2.24, 2.45) is 12.8 Å². The zero-order chi connectivity index (χ0) is 12.3. The molecule has 1 unspecified atom stereocenters. The van der Waals surface area contributed by atoms with Crippen molar-refractivity contribution in [3.05, 3.63) is 17.5 Å². The van der Waals surface area contributed by atoms with Crippen LogP contribution in [0.25, 0.3) is 0 Å². The molecule has 0 spiro atoms. The number of nitrogens with zero attached hydrogens (tertiary/aromatic N) is 2. The Morgan fingerprint density at radius 1 is 1.50 bits per heavy atom. The van der Waals surface area contributed by atoms with Crippen LogP contribution < -0.4 is 11.1 Å². The highest BCUT2D eigenvalue weighted by Crippen LogP contribution is 2.27. The van der Waals surface area contributed by atoms with Crippen LogP contribution in [0.5, 0.6) is 0 Å². The van der Waals surface area contributed by atoms with Gasteiger partial charge in [0.1, 0.15) is 0 Å². The molecule has 3 N–H and O–H groups in total. The molecule has 92 valence electrons. The first-order valence-electron chi connectivity index (χ1n) is 5.87. The van der Waals surface area contributed by atoms with Crippen molar-refractivity contribution in [2.45, 2.75) is 39.2 Å². The van der Waals surface area contributed by atoms with Crippen molar-refractivity contribution in [2.75, 3.05) is 13.1 Å². The summed E-state index contributed by atoms with van der Waals surface area (Å²) in [5.74, 6) is 0. The largest absolute Gasteiger partial charge is 0.329 e. The highest BCUT2D eigenvalue weighted by molar-refractivity contribution is 5.27. The first-order chi connectivity index (χ1) is 7.40. The second-order valence-electron chi connectivity index (χ2n) is 5.20. The van der Waals surface area contributed by atoms with Gasteiger partial charge in [-0.1, -0.05) is 27.7 Å². The van der Waals surface area contributed by atoms with Crippen LogP contribution in [-0.4, -0.2) is 22.9 Å². The summed E-state index contributed by atoms with van der Waals surface area (Å²) in [7, 11) is 1.96. The Balaban J connectivity index is 3.11. The molecule has 4 heteroatoms. The predicted molar refractivity (Wildman–Crippen MR) is 67.4 cm³/mol. The van der Waals surface area contributed by atoms with Crippen molar-refractivity contribution >= 4 is 0 Å². The van der Waals surface area contributed by atoms with Crippen molar-refractivity contribution in [1.82, 2.24) is 15.1 Å². The zero-order valence-electron chi connectivity index (χ0n) is 11.0. The molecule has 0 saturated carbocycles. The van der Waals surface area contributed by atoms with Gasteiger partial charge in [0.2, 0.25) is 0 Å². The van der Waals surface area contributed by atoms with E-state index < -0.39 is 0 Å². The predicted octanol–water partition coefficient (Wildman–Crippen LogP) is 1.33. The van der Waals surface area contributed by atoms with E-state index in [4.69, 9.17) is 5.73 Å². The molecule has 0 fully saturated rings. The highest BCUT2D eigenvalue weighted by atomic mass is 15.3. The quantitative estimate of drug-likeness (QED) is 0.811. The molecular weight excluding hydrogens is 200 g/mol. The molecule has 0 aliphatic heterocycles. The van der Waals surface area contributed by atoms with Gasteiger partial charge in [0, 0.05) is 36.8 Å². The molecule has 1 rings (SSSR count). The van der Waals surface area contributed by atoms with Crippen molar-refractivity contribution in [3.63, 3.8) is 0 Å². The summed E-state index contributed by atoms with van der Waals surface area (Å²) in [5, 5.41) is 7.95. The molecule has 1 aromatic rings. The van der Waals surface area contributed by atoms with Gasteiger partial charge in [0.05, 0.1) is 5.69 Å². The number of hydrogen-bond donors (Lipinski definition) is 2. The van der Waals surface area contributed by atoms with Gasteiger partial charge in [0.25, 0.3) is 0 Å². The van der Waals surface area contributed by atoms with Crippen LogP contribution in [0.3, 0.4) is 0 Å². The average molecular weight is 224 g/mol. The van der Waals surface area contributed by atoms with Crippen LogP contribution in [-0.2, 0) is 12.5 Å². The summed E-state index contributed by atoms with van der Waals surface area (Å²) >= 11 is 0. The molecule has 4 nitrogen and oxygen atoms in total. The van der Waals surface area contributed by atoms with E-state index in [-0.39, 0.29) is 11.5 Å². The molecule has 0 aliphatic carbocycles. The first-order valence-corrected chi connectivity index (χ1v) is 5.87. The molecule has 0 saturated heterocycles. The Morgan fingerprint density at radius 2 is 2.12 bits per heavy atom. The van der Waals surface area contributed by atoms with Gasteiger partial charge in [-0.2, -0.15) is 5.10 Å². The molecular formula is C12H24N4. The van der Waals surface area contributed by atoms with Gasteiger partial charge >= 0.3 is 0 Å². The lowest BCUT2D eigenvalue weighted by atomic mass is 9.87. The van der Waals surface area contributed by atoms with Crippen LogP contribution in [0.2, 0.25) is 0 Å². The topological polar surface area (TPSA) is 55.9 Å². The number of rotatable bonds is 4. The van der Waals surface area contributed by atoms with E-state index in [0.717, 1.165) is 12.2 Å². The monoisotopic (exact) mass is 224 g/mol. The van der Waals surface area contributed by atoms with Crippen LogP contribution in [0.4, 0.5) is 0 Å². The fraction of sp³-hybridized carbons (Fsp3) is 0.750. The van der Waals surface area contributed by atoms with Crippen molar-refractivity contribution in [1.29, 1.82) is 0 Å². The number of nitrogens with two attached hydrogens (primary N) is 1. The molecule has 0 aliphatic rings. The molecule has 1 heterocycles. The summed E-state index contributed by atoms with van der Waals surface area (Å²) in [6, 6.07) is 0.202. The lowest BCUT2D eigenvalue weighted by molar-refractivity contribution is 0.515. The Morgan fingerprint density at radius 3 is 2.56 bits per heavy atom. The van der Waals surface area contributed by atoms with Crippen LogP contribution in [0, 0.1) is 0 Å². The molecule has 0 aromatic carbocycles. The second-order valence-corrected chi connectivity index (χ2v) is 5.20. The van der Waals surface area contributed by atoms with Crippen molar-refractivity contribution in [3.8, 4) is 0 Å². The fourth-order valence-electron chi connectivity index (χ4n) is 1.91. The standard InChI is InChI=1S/C12H24N4/c1-6-14-10(7-13)9-8-16(5)15-11(9)12(2,3)4/h8,10,14H,6-7,13H2,1-5H3. The Kier molecular flexibility index (Phi) is 4.10. The SMILES string of the molecule is CCNC(CN)c1cn(C)nc1C(C)(C)C. The maximum absolute atomic E-state index is 5.81. The minimum absolute atomic E-state index is 0.0550. The second kappa shape index (κ2) is 4.97. The smallest absolute Gasteiger partial charge is 0.0726 e. The molecule has 0 radical (unpaired) electrons. The normalized spacial score (nSPS) is 14.1. The van der Waals surface area contributed by atoms with E-state index in [1.54, 1.807) is 0 Å². The van der Waals surface area contributed by atoms with Gasteiger partial charge in [-0.05, 0) is 6.54 Å². The molecule has 1 aromatic heterocycles. The highest BCUT2D eigenvalue weighted by Gasteiger charge is 2.25. The number of nitrogens with one attached hydrogen (secondary N) is 1. The van der Waals surface area contributed by atoms with E-state index in [1.165, 1.54) is 5.56 Å². The van der Waals surface area contributed by atoms with Gasteiger partial charge in [-0.25, -0.2) is 0 Å². The van der Waals surface area contributed by atoms with E-state index in [0.29, 0.717) is 6.54 Å². The van der Waals surface area contributed by atoms with Crippen LogP contribution in [0.15, 0.2) is 6.20 Å². The molecule has 0 bridgehead atoms. The van der Waals surface area contributed by atoms with E-state index in [2.05, 4.69) is 44.3 Å². The Bertz CT molecular complexity index is 335. The van der Waals surface area contributed by atoms with Crippen molar-refractivity contribution < 1.29 is 0 Å². The lowest BCUT2D eigenvalue weighted by Gasteiger charge is -2.22. The summed E-state index contributed by atoms with van der Waals surface area (Å²) in [5.41, 5.74) is 8.22.